The molecule has 0 fully saturated rings. The number of hydrogen-bond acceptors (Lipinski definition) is 8. The van der Waals surface area contributed by atoms with Crippen molar-refractivity contribution < 1.29 is 19.4 Å². The maximum atomic E-state index is 13.3. The third-order valence-corrected chi connectivity index (χ3v) is 6.99. The molecule has 4 rings (SSSR count). The van der Waals surface area contributed by atoms with E-state index >= 15 is 0 Å². The van der Waals surface area contributed by atoms with Crippen molar-refractivity contribution in [3.8, 4) is 11.5 Å². The van der Waals surface area contributed by atoms with Crippen LogP contribution in [0.25, 0.3) is 10.8 Å². The minimum Gasteiger partial charge on any atom is -0.457 e. The summed E-state index contributed by atoms with van der Waals surface area (Å²) in [5.41, 5.74) is 7.19. The van der Waals surface area contributed by atoms with E-state index in [-0.39, 0.29) is 30.6 Å². The molecule has 1 aromatic heterocycles. The van der Waals surface area contributed by atoms with E-state index in [2.05, 4.69) is 15.3 Å². The number of nitrogens with two attached hydrogens (primary N) is 1. The predicted octanol–water partition coefficient (Wildman–Crippen LogP) is 5.16. The number of ether oxygens (including phenoxy) is 1. The van der Waals surface area contributed by atoms with Crippen molar-refractivity contribution in [2.24, 2.45) is 0 Å². The molecule has 0 aliphatic rings. The highest BCUT2D eigenvalue weighted by molar-refractivity contribution is 8.17. The minimum absolute atomic E-state index is 0.135. The summed E-state index contributed by atoms with van der Waals surface area (Å²) in [5.74, 6) is 1.46. The Bertz CT molecular complexity index is 1520. The number of aliphatic hydroxyl groups excluding tert-OH is 1. The number of aromatic nitrogens is 2. The number of benzene rings is 3. The average molecular weight is 529 g/mol. The normalized spacial score (nSPS) is 11.7. The highest BCUT2D eigenvalue weighted by Gasteiger charge is 2.19. The van der Waals surface area contributed by atoms with Gasteiger partial charge in [0.15, 0.2) is 0 Å². The molecule has 38 heavy (non-hydrogen) atoms. The molecule has 1 amide bonds. The second-order valence-electron chi connectivity index (χ2n) is 8.53. The Balaban J connectivity index is 1.51. The van der Waals surface area contributed by atoms with Crippen LogP contribution in [0.15, 0.2) is 83.4 Å². The molecule has 0 bridgehead atoms. The minimum atomic E-state index is -0.380. The van der Waals surface area contributed by atoms with Crippen molar-refractivity contribution in [1.82, 2.24) is 15.3 Å². The molecule has 0 spiro atoms. The van der Waals surface area contributed by atoms with Gasteiger partial charge in [0.1, 0.15) is 23.1 Å². The van der Waals surface area contributed by atoms with Crippen LogP contribution in [0, 0.1) is 6.92 Å². The number of para-hydroxylation sites is 1. The van der Waals surface area contributed by atoms with Crippen LogP contribution in [0.3, 0.4) is 0 Å². The third-order valence-electron chi connectivity index (χ3n) is 5.83. The number of carbonyl (C=O) groups is 2. The number of nitrogens with zero attached hydrogens (tertiary/aromatic N) is 2. The number of fused-ring (bicyclic) bond motifs is 1. The highest BCUT2D eigenvalue weighted by atomic mass is 32.2. The van der Waals surface area contributed by atoms with Gasteiger partial charge in [0, 0.05) is 41.8 Å². The Hall–Kier alpha value is -4.21. The molecule has 0 aliphatic heterocycles. The van der Waals surface area contributed by atoms with Gasteiger partial charge in [0.05, 0.1) is 5.56 Å². The smallest absolute Gasteiger partial charge is 0.247 e. The van der Waals surface area contributed by atoms with E-state index < -0.39 is 0 Å². The maximum absolute atomic E-state index is 13.3. The summed E-state index contributed by atoms with van der Waals surface area (Å²) in [6, 6.07) is 20.6. The molecule has 1 heterocycles. The number of thioether (sulfide) groups is 1. The summed E-state index contributed by atoms with van der Waals surface area (Å²) in [6.45, 7) is 3.27. The van der Waals surface area contributed by atoms with Crippen LogP contribution >= 0.6 is 11.8 Å². The first-order chi connectivity index (χ1) is 18.4. The van der Waals surface area contributed by atoms with Crippen molar-refractivity contribution >= 4 is 39.4 Å². The molecular formula is C29H28N4O4S. The van der Waals surface area contributed by atoms with E-state index in [1.54, 1.807) is 44.3 Å². The van der Waals surface area contributed by atoms with Gasteiger partial charge in [-0.3, -0.25) is 9.59 Å². The molecule has 0 saturated heterocycles. The number of aliphatic hydroxyl groups is 1. The number of hydrogen-bond donors (Lipinski definition) is 3. The second kappa shape index (κ2) is 12.4. The van der Waals surface area contributed by atoms with E-state index in [9.17, 15) is 14.7 Å². The molecule has 4 aromatic rings. The lowest BCUT2D eigenvalue weighted by atomic mass is 10.1. The maximum Gasteiger partial charge on any atom is 0.247 e. The second-order valence-corrected chi connectivity index (χ2v) is 9.60. The van der Waals surface area contributed by atoms with Crippen LogP contribution in [-0.2, 0) is 11.3 Å². The van der Waals surface area contributed by atoms with Crippen LogP contribution in [0.4, 0.5) is 5.82 Å². The van der Waals surface area contributed by atoms with Gasteiger partial charge in [-0.1, -0.05) is 54.2 Å². The number of carbonyl (C=O) groups excluding carboxylic acids is 2. The topological polar surface area (TPSA) is 127 Å². The first-order valence-corrected chi connectivity index (χ1v) is 12.8. The molecule has 8 nitrogen and oxygen atoms in total. The predicted molar refractivity (Wildman–Crippen MR) is 150 cm³/mol. The summed E-state index contributed by atoms with van der Waals surface area (Å²) in [6.07, 6.45) is 1.72. The highest BCUT2D eigenvalue weighted by Crippen LogP contribution is 2.33. The lowest BCUT2D eigenvalue weighted by Crippen LogP contribution is -2.25. The van der Waals surface area contributed by atoms with Gasteiger partial charge in [0.2, 0.25) is 11.0 Å². The van der Waals surface area contributed by atoms with Crippen molar-refractivity contribution in [1.29, 1.82) is 0 Å². The van der Waals surface area contributed by atoms with E-state index in [1.165, 1.54) is 0 Å². The zero-order chi connectivity index (χ0) is 27.1. The number of aryl methyl sites for hydroxylation is 1. The van der Waals surface area contributed by atoms with Gasteiger partial charge in [-0.25, -0.2) is 9.97 Å². The lowest BCUT2D eigenvalue weighted by Gasteiger charge is -2.14. The molecule has 194 valence electrons. The molecular weight excluding hydrogens is 500 g/mol. The molecule has 0 saturated carbocycles. The van der Waals surface area contributed by atoms with Gasteiger partial charge < -0.3 is 20.9 Å². The Kier molecular flexibility index (Phi) is 8.73. The fourth-order valence-corrected chi connectivity index (χ4v) is 4.69. The average Bonchev–Trinajstić information content (AvgIpc) is 2.92. The third kappa shape index (κ3) is 6.56. The standard InChI is InChI=1S/C29H28N4O4S/c1-18(28(35)32-17-22-16-31-19(2)33-27(22)30)26(13-14-34)38-29(36)24-9-5-6-10-25(24)37-23-12-11-20-7-3-4-8-21(20)15-23/h3-12,15-16,34H,13-14,17H2,1-2H3,(H,32,35)(H2,30,31,33)/b26-18-. The van der Waals surface area contributed by atoms with Crippen molar-refractivity contribution in [3.05, 3.63) is 100 Å². The zero-order valence-corrected chi connectivity index (χ0v) is 21.9. The van der Waals surface area contributed by atoms with Crippen LogP contribution in [0.2, 0.25) is 0 Å². The first kappa shape index (κ1) is 26.8. The quantitative estimate of drug-likeness (QED) is 0.254. The van der Waals surface area contributed by atoms with E-state index in [4.69, 9.17) is 10.5 Å². The molecule has 0 aliphatic carbocycles. The van der Waals surface area contributed by atoms with Crippen LogP contribution in [-0.4, -0.2) is 32.7 Å². The monoisotopic (exact) mass is 528 g/mol. The number of anilines is 1. The molecule has 3 aromatic carbocycles. The summed E-state index contributed by atoms with van der Waals surface area (Å²) in [7, 11) is 0. The van der Waals surface area contributed by atoms with E-state index in [1.807, 2.05) is 42.5 Å². The van der Waals surface area contributed by atoms with Gasteiger partial charge in [-0.2, -0.15) is 0 Å². The van der Waals surface area contributed by atoms with Gasteiger partial charge in [-0.05, 0) is 48.9 Å². The summed E-state index contributed by atoms with van der Waals surface area (Å²) in [5, 5.41) is 14.2. The number of nitrogen functional groups attached to an aromatic ring is 1. The fraction of sp³-hybridized carbons (Fsp3) is 0.172. The Labute approximate surface area is 225 Å². The fourth-order valence-electron chi connectivity index (χ4n) is 3.75. The molecule has 4 N–H and O–H groups in total. The molecule has 0 unspecified atom stereocenters. The van der Waals surface area contributed by atoms with Crippen LogP contribution in [0.1, 0.15) is 35.1 Å². The van der Waals surface area contributed by atoms with Crippen molar-refractivity contribution in [2.75, 3.05) is 12.3 Å². The van der Waals surface area contributed by atoms with Crippen LogP contribution < -0.4 is 15.8 Å². The molecule has 0 radical (unpaired) electrons. The largest absolute Gasteiger partial charge is 0.457 e. The van der Waals surface area contributed by atoms with Gasteiger partial charge >= 0.3 is 0 Å². The summed E-state index contributed by atoms with van der Waals surface area (Å²) < 4.78 is 6.09. The first-order valence-electron chi connectivity index (χ1n) is 12.0. The summed E-state index contributed by atoms with van der Waals surface area (Å²) in [4.78, 5) is 34.9. The van der Waals surface area contributed by atoms with Gasteiger partial charge in [-0.15, -0.1) is 0 Å². The SMILES string of the molecule is C/C(C(=O)NCc1cnc(C)nc1N)=C(\CCO)SC(=O)c1ccccc1Oc1ccc2ccccc2c1. The molecule has 0 atom stereocenters. The number of rotatable bonds is 9. The zero-order valence-electron chi connectivity index (χ0n) is 21.1. The van der Waals surface area contributed by atoms with E-state index in [0.717, 1.165) is 22.5 Å². The Morgan fingerprint density at radius 1 is 1.05 bits per heavy atom. The van der Waals surface area contributed by atoms with Crippen molar-refractivity contribution in [2.45, 2.75) is 26.8 Å². The lowest BCUT2D eigenvalue weighted by molar-refractivity contribution is -0.117. The number of amides is 1. The van der Waals surface area contributed by atoms with Crippen molar-refractivity contribution in [3.63, 3.8) is 0 Å². The number of nitrogens with one attached hydrogen (secondary N) is 1. The Morgan fingerprint density at radius 3 is 2.55 bits per heavy atom. The van der Waals surface area contributed by atoms with E-state index in [0.29, 0.717) is 44.7 Å². The molecule has 9 heteroatoms. The van der Waals surface area contributed by atoms with Gasteiger partial charge in [0.25, 0.3) is 0 Å². The Morgan fingerprint density at radius 2 is 1.79 bits per heavy atom. The van der Waals surface area contributed by atoms with Crippen LogP contribution in [0.5, 0.6) is 11.5 Å². The summed E-state index contributed by atoms with van der Waals surface area (Å²) >= 11 is 0.903.